The van der Waals surface area contributed by atoms with E-state index in [9.17, 15) is 4.79 Å². The van der Waals surface area contributed by atoms with Crippen LogP contribution in [0, 0.1) is 6.92 Å². The summed E-state index contributed by atoms with van der Waals surface area (Å²) < 4.78 is 5.93. The summed E-state index contributed by atoms with van der Waals surface area (Å²) in [6.45, 7) is 10.6. The van der Waals surface area contributed by atoms with Gasteiger partial charge in [-0.2, -0.15) is 0 Å². The second-order valence-corrected chi connectivity index (χ2v) is 6.42. The minimum absolute atomic E-state index is 0.0361. The molecule has 0 aliphatic carbocycles. The second-order valence-electron chi connectivity index (χ2n) is 6.42. The van der Waals surface area contributed by atoms with Crippen LogP contribution in [-0.4, -0.2) is 66.1 Å². The van der Waals surface area contributed by atoms with Gasteiger partial charge in [-0.3, -0.25) is 9.69 Å². The van der Waals surface area contributed by atoms with Crippen molar-refractivity contribution in [2.45, 2.75) is 32.9 Å². The first kappa shape index (κ1) is 16.1. The van der Waals surface area contributed by atoms with Gasteiger partial charge in [0.25, 0.3) is 0 Å². The number of hydrogen-bond acceptors (Lipinski definition) is 6. The lowest BCUT2D eigenvalue weighted by Gasteiger charge is -2.35. The number of aryl methyl sites for hydroxylation is 1. The topological polar surface area (TPSA) is 70.6 Å². The third kappa shape index (κ3) is 3.79. The van der Waals surface area contributed by atoms with Gasteiger partial charge in [0.1, 0.15) is 17.7 Å². The Labute approximate surface area is 137 Å². The first-order chi connectivity index (χ1) is 11.0. The van der Waals surface area contributed by atoms with E-state index in [1.165, 1.54) is 0 Å². The van der Waals surface area contributed by atoms with Crippen molar-refractivity contribution < 1.29 is 9.53 Å². The highest BCUT2D eigenvalue weighted by atomic mass is 16.5. The van der Waals surface area contributed by atoms with Crippen LogP contribution in [0.3, 0.4) is 0 Å². The zero-order valence-electron chi connectivity index (χ0n) is 14.1. The molecular weight excluding hydrogens is 294 g/mol. The van der Waals surface area contributed by atoms with Crippen LogP contribution in [0.15, 0.2) is 6.07 Å². The lowest BCUT2D eigenvalue weighted by molar-refractivity contribution is -0.120. The molecule has 1 aromatic rings. The van der Waals surface area contributed by atoms with Gasteiger partial charge in [0.05, 0.1) is 18.8 Å². The number of nitrogens with one attached hydrogen (secondary N) is 1. The standard InChI is InChI=1S/C16H25N5O2/c1-11(2)20-6-7-23-14(9-20)13-8-15(19-12(3)18-13)21-5-4-17-16(22)10-21/h8,11,14H,4-7,9-10H2,1-3H3,(H,17,22). The molecule has 1 unspecified atom stereocenters. The first-order valence-corrected chi connectivity index (χ1v) is 8.26. The number of piperazine rings is 1. The highest BCUT2D eigenvalue weighted by Crippen LogP contribution is 2.25. The van der Waals surface area contributed by atoms with Gasteiger partial charge in [-0.05, 0) is 20.8 Å². The van der Waals surface area contributed by atoms with Crippen molar-refractivity contribution in [2.75, 3.05) is 44.2 Å². The average molecular weight is 319 g/mol. The number of rotatable bonds is 3. The molecule has 2 fully saturated rings. The van der Waals surface area contributed by atoms with Crippen molar-refractivity contribution >= 4 is 11.7 Å². The maximum Gasteiger partial charge on any atom is 0.239 e. The number of ether oxygens (including phenoxy) is 1. The fourth-order valence-corrected chi connectivity index (χ4v) is 3.05. The lowest BCUT2D eigenvalue weighted by atomic mass is 10.1. The minimum Gasteiger partial charge on any atom is -0.369 e. The van der Waals surface area contributed by atoms with Crippen LogP contribution < -0.4 is 10.2 Å². The SMILES string of the molecule is Cc1nc(C2CN(C(C)C)CCO2)cc(N2CCNC(=O)C2)n1. The Morgan fingerprint density at radius 1 is 1.35 bits per heavy atom. The van der Waals surface area contributed by atoms with Crippen LogP contribution in [0.5, 0.6) is 0 Å². The molecule has 2 saturated heterocycles. The van der Waals surface area contributed by atoms with Gasteiger partial charge in [-0.15, -0.1) is 0 Å². The van der Waals surface area contributed by atoms with Crippen LogP contribution in [0.25, 0.3) is 0 Å². The van der Waals surface area contributed by atoms with Crippen LogP contribution in [-0.2, 0) is 9.53 Å². The predicted molar refractivity (Wildman–Crippen MR) is 87.4 cm³/mol. The first-order valence-electron chi connectivity index (χ1n) is 8.26. The molecule has 1 aromatic heterocycles. The van der Waals surface area contributed by atoms with E-state index in [2.05, 4.69) is 34.0 Å². The number of carbonyl (C=O) groups excluding carboxylic acids is 1. The number of morpholine rings is 1. The average Bonchev–Trinajstić information content (AvgIpc) is 2.54. The molecule has 1 atom stereocenters. The van der Waals surface area contributed by atoms with Crippen molar-refractivity contribution in [3.63, 3.8) is 0 Å². The van der Waals surface area contributed by atoms with E-state index in [0.717, 1.165) is 31.1 Å². The Balaban J connectivity index is 1.81. The van der Waals surface area contributed by atoms with E-state index in [1.54, 1.807) is 0 Å². The Hall–Kier alpha value is -1.73. The van der Waals surface area contributed by atoms with Gasteiger partial charge in [0, 0.05) is 38.3 Å². The van der Waals surface area contributed by atoms with Crippen LogP contribution >= 0.6 is 0 Å². The molecular formula is C16H25N5O2. The molecule has 0 radical (unpaired) electrons. The number of amides is 1. The molecule has 126 valence electrons. The Morgan fingerprint density at radius 3 is 2.91 bits per heavy atom. The molecule has 7 heteroatoms. The van der Waals surface area contributed by atoms with E-state index in [0.29, 0.717) is 31.6 Å². The van der Waals surface area contributed by atoms with Crippen molar-refractivity contribution in [1.29, 1.82) is 0 Å². The Kier molecular flexibility index (Phi) is 4.77. The summed E-state index contributed by atoms with van der Waals surface area (Å²) in [5.74, 6) is 1.57. The van der Waals surface area contributed by atoms with E-state index < -0.39 is 0 Å². The maximum absolute atomic E-state index is 11.6. The summed E-state index contributed by atoms with van der Waals surface area (Å²) in [6, 6.07) is 2.47. The molecule has 0 spiro atoms. The molecule has 2 aliphatic heterocycles. The molecule has 3 heterocycles. The molecule has 0 aromatic carbocycles. The molecule has 7 nitrogen and oxygen atoms in total. The Bertz CT molecular complexity index is 578. The maximum atomic E-state index is 11.6. The van der Waals surface area contributed by atoms with Crippen molar-refractivity contribution in [3.05, 3.63) is 17.6 Å². The molecule has 0 saturated carbocycles. The van der Waals surface area contributed by atoms with Crippen molar-refractivity contribution in [2.24, 2.45) is 0 Å². The summed E-state index contributed by atoms with van der Waals surface area (Å²) in [4.78, 5) is 25.1. The lowest BCUT2D eigenvalue weighted by Crippen LogP contribution is -2.48. The van der Waals surface area contributed by atoms with Crippen LogP contribution in [0.2, 0.25) is 0 Å². The molecule has 3 rings (SSSR count). The summed E-state index contributed by atoms with van der Waals surface area (Å²) in [5, 5.41) is 2.84. The summed E-state index contributed by atoms with van der Waals surface area (Å²) in [7, 11) is 0. The molecule has 0 bridgehead atoms. The molecule has 1 N–H and O–H groups in total. The molecule has 1 amide bonds. The summed E-state index contributed by atoms with van der Waals surface area (Å²) in [5.41, 5.74) is 0.906. The normalized spacial score (nSPS) is 23.2. The molecule has 23 heavy (non-hydrogen) atoms. The highest BCUT2D eigenvalue weighted by molar-refractivity contribution is 5.82. The van der Waals surface area contributed by atoms with E-state index in [-0.39, 0.29) is 12.0 Å². The summed E-state index contributed by atoms with van der Waals surface area (Å²) >= 11 is 0. The minimum atomic E-state index is -0.0368. The second kappa shape index (κ2) is 6.80. The van der Waals surface area contributed by atoms with Gasteiger partial charge < -0.3 is 15.0 Å². The fraction of sp³-hybridized carbons (Fsp3) is 0.688. The van der Waals surface area contributed by atoms with Gasteiger partial charge in [-0.25, -0.2) is 9.97 Å². The highest BCUT2D eigenvalue weighted by Gasteiger charge is 2.26. The van der Waals surface area contributed by atoms with Gasteiger partial charge in [0.2, 0.25) is 5.91 Å². The van der Waals surface area contributed by atoms with Crippen molar-refractivity contribution in [3.8, 4) is 0 Å². The monoisotopic (exact) mass is 319 g/mol. The zero-order chi connectivity index (χ0) is 16.4. The van der Waals surface area contributed by atoms with E-state index >= 15 is 0 Å². The van der Waals surface area contributed by atoms with Gasteiger partial charge in [-0.1, -0.05) is 0 Å². The Morgan fingerprint density at radius 2 is 2.17 bits per heavy atom. The zero-order valence-corrected chi connectivity index (χ0v) is 14.1. The fourth-order valence-electron chi connectivity index (χ4n) is 3.05. The van der Waals surface area contributed by atoms with E-state index in [1.807, 2.05) is 17.9 Å². The van der Waals surface area contributed by atoms with Crippen LogP contribution in [0.4, 0.5) is 5.82 Å². The number of anilines is 1. The number of nitrogens with zero attached hydrogens (tertiary/aromatic N) is 4. The smallest absolute Gasteiger partial charge is 0.239 e. The quantitative estimate of drug-likeness (QED) is 0.875. The third-order valence-corrected chi connectivity index (χ3v) is 4.36. The number of aromatic nitrogens is 2. The van der Waals surface area contributed by atoms with Crippen LogP contribution in [0.1, 0.15) is 31.5 Å². The predicted octanol–water partition coefficient (Wildman–Crippen LogP) is 0.503. The summed E-state index contributed by atoms with van der Waals surface area (Å²) in [6.07, 6.45) is -0.0368. The molecule has 2 aliphatic rings. The van der Waals surface area contributed by atoms with E-state index in [4.69, 9.17) is 4.74 Å². The third-order valence-electron chi connectivity index (χ3n) is 4.36. The number of carbonyl (C=O) groups is 1. The van der Waals surface area contributed by atoms with Gasteiger partial charge in [0.15, 0.2) is 0 Å². The number of hydrogen-bond donors (Lipinski definition) is 1. The van der Waals surface area contributed by atoms with Gasteiger partial charge >= 0.3 is 0 Å². The largest absolute Gasteiger partial charge is 0.369 e. The van der Waals surface area contributed by atoms with Crippen molar-refractivity contribution in [1.82, 2.24) is 20.2 Å².